The predicted octanol–water partition coefficient (Wildman–Crippen LogP) is 0.936. The van der Waals surface area contributed by atoms with Crippen LogP contribution in [0.5, 0.6) is 0 Å². The van der Waals surface area contributed by atoms with Crippen molar-refractivity contribution >= 4 is 11.9 Å². The van der Waals surface area contributed by atoms with Crippen LogP contribution in [0.2, 0.25) is 0 Å². The van der Waals surface area contributed by atoms with Crippen LogP contribution in [0.25, 0.3) is 5.95 Å². The van der Waals surface area contributed by atoms with Crippen molar-refractivity contribution in [1.82, 2.24) is 24.7 Å². The molecule has 0 aliphatic rings. The topological polar surface area (TPSA) is 89.8 Å². The van der Waals surface area contributed by atoms with Crippen LogP contribution in [0.15, 0.2) is 18.5 Å². The lowest BCUT2D eigenvalue weighted by Gasteiger charge is -2.14. The van der Waals surface area contributed by atoms with E-state index >= 15 is 0 Å². The number of nitrogens with one attached hydrogen (secondary N) is 2. The highest BCUT2D eigenvalue weighted by Gasteiger charge is 2.10. The van der Waals surface area contributed by atoms with Crippen LogP contribution in [0.4, 0.5) is 11.9 Å². The van der Waals surface area contributed by atoms with Gasteiger partial charge in [-0.15, -0.1) is 0 Å². The Kier molecular flexibility index (Phi) is 4.83. The zero-order valence-electron chi connectivity index (χ0n) is 11.9. The first-order valence-corrected chi connectivity index (χ1v) is 6.51. The summed E-state index contributed by atoms with van der Waals surface area (Å²) in [7, 11) is 1.76. The summed E-state index contributed by atoms with van der Waals surface area (Å²) in [4.78, 5) is 12.9. The van der Waals surface area contributed by atoms with Gasteiger partial charge in [0.25, 0.3) is 5.95 Å². The van der Waals surface area contributed by atoms with Gasteiger partial charge in [-0.3, -0.25) is 0 Å². The minimum absolute atomic E-state index is 0.104. The standard InChI is InChI=1S/C12H19N7O/c1-4-20-8-9(2)15-11-16-10(13-3)17-12(18-11)19-7-5-6-14-19/h5-7,9H,4,8H2,1-3H3,(H2,13,15,16,17,18). The number of rotatable bonds is 7. The summed E-state index contributed by atoms with van der Waals surface area (Å²) in [5, 5.41) is 10.2. The molecule has 0 aromatic carbocycles. The van der Waals surface area contributed by atoms with Gasteiger partial charge in [0.2, 0.25) is 11.9 Å². The van der Waals surface area contributed by atoms with E-state index < -0.39 is 0 Å². The van der Waals surface area contributed by atoms with Crippen LogP contribution in [0.3, 0.4) is 0 Å². The predicted molar refractivity (Wildman–Crippen MR) is 76.1 cm³/mol. The van der Waals surface area contributed by atoms with Gasteiger partial charge in [-0.25, -0.2) is 4.68 Å². The third kappa shape index (κ3) is 3.64. The van der Waals surface area contributed by atoms with E-state index in [4.69, 9.17) is 4.74 Å². The summed E-state index contributed by atoms with van der Waals surface area (Å²) in [6, 6.07) is 1.92. The van der Waals surface area contributed by atoms with Crippen LogP contribution in [-0.4, -0.2) is 51.0 Å². The van der Waals surface area contributed by atoms with Gasteiger partial charge >= 0.3 is 0 Å². The maximum absolute atomic E-state index is 5.36. The van der Waals surface area contributed by atoms with Gasteiger partial charge in [-0.2, -0.15) is 20.1 Å². The Labute approximate surface area is 117 Å². The zero-order chi connectivity index (χ0) is 14.4. The van der Waals surface area contributed by atoms with Crippen molar-refractivity contribution < 1.29 is 4.74 Å². The normalized spacial score (nSPS) is 12.2. The van der Waals surface area contributed by atoms with Crippen molar-refractivity contribution in [2.45, 2.75) is 19.9 Å². The van der Waals surface area contributed by atoms with E-state index in [9.17, 15) is 0 Å². The van der Waals surface area contributed by atoms with E-state index in [1.807, 2.05) is 19.9 Å². The second kappa shape index (κ2) is 6.80. The fraction of sp³-hybridized carbons (Fsp3) is 0.500. The largest absolute Gasteiger partial charge is 0.380 e. The lowest BCUT2D eigenvalue weighted by molar-refractivity contribution is 0.141. The molecule has 108 valence electrons. The van der Waals surface area contributed by atoms with Crippen LogP contribution >= 0.6 is 0 Å². The Morgan fingerprint density at radius 1 is 1.30 bits per heavy atom. The number of ether oxygens (including phenoxy) is 1. The van der Waals surface area contributed by atoms with Crippen LogP contribution in [0, 0.1) is 0 Å². The van der Waals surface area contributed by atoms with E-state index in [0.29, 0.717) is 31.1 Å². The molecule has 20 heavy (non-hydrogen) atoms. The molecule has 1 unspecified atom stereocenters. The summed E-state index contributed by atoms with van der Waals surface area (Å²) >= 11 is 0. The highest BCUT2D eigenvalue weighted by molar-refractivity contribution is 5.37. The fourth-order valence-corrected chi connectivity index (χ4v) is 1.59. The highest BCUT2D eigenvalue weighted by atomic mass is 16.5. The molecule has 0 radical (unpaired) electrons. The van der Waals surface area contributed by atoms with Gasteiger partial charge in [0.1, 0.15) is 0 Å². The molecule has 2 N–H and O–H groups in total. The van der Waals surface area contributed by atoms with Gasteiger partial charge in [0.05, 0.1) is 6.61 Å². The first-order chi connectivity index (χ1) is 9.72. The van der Waals surface area contributed by atoms with Gasteiger partial charge in [-0.1, -0.05) is 0 Å². The average Bonchev–Trinajstić information content (AvgIpc) is 2.99. The lowest BCUT2D eigenvalue weighted by atomic mass is 10.4. The van der Waals surface area contributed by atoms with Crippen LogP contribution in [-0.2, 0) is 4.74 Å². The van der Waals surface area contributed by atoms with Crippen molar-refractivity contribution in [3.05, 3.63) is 18.5 Å². The Balaban J connectivity index is 2.18. The third-order valence-electron chi connectivity index (χ3n) is 2.50. The Hall–Kier alpha value is -2.22. The van der Waals surface area contributed by atoms with E-state index in [2.05, 4.69) is 30.7 Å². The van der Waals surface area contributed by atoms with E-state index in [1.54, 1.807) is 24.1 Å². The molecule has 0 saturated carbocycles. The molecular weight excluding hydrogens is 258 g/mol. The molecule has 0 spiro atoms. The smallest absolute Gasteiger partial charge is 0.257 e. The van der Waals surface area contributed by atoms with Crippen LogP contribution < -0.4 is 10.6 Å². The minimum atomic E-state index is 0.104. The molecular formula is C12H19N7O. The molecule has 0 saturated heterocycles. The quantitative estimate of drug-likeness (QED) is 0.778. The van der Waals surface area contributed by atoms with Gasteiger partial charge in [0, 0.05) is 32.1 Å². The first kappa shape index (κ1) is 14.2. The molecule has 2 aromatic rings. The van der Waals surface area contributed by atoms with Crippen molar-refractivity contribution in [3.63, 3.8) is 0 Å². The van der Waals surface area contributed by atoms with Crippen molar-refractivity contribution in [1.29, 1.82) is 0 Å². The maximum atomic E-state index is 5.36. The highest BCUT2D eigenvalue weighted by Crippen LogP contribution is 2.09. The monoisotopic (exact) mass is 277 g/mol. The summed E-state index contributed by atoms with van der Waals surface area (Å²) in [5.41, 5.74) is 0. The summed E-state index contributed by atoms with van der Waals surface area (Å²) < 4.78 is 6.94. The number of nitrogens with zero attached hydrogens (tertiary/aromatic N) is 5. The second-order valence-electron chi connectivity index (χ2n) is 4.19. The average molecular weight is 277 g/mol. The first-order valence-electron chi connectivity index (χ1n) is 6.51. The molecule has 2 rings (SSSR count). The number of hydrogen-bond acceptors (Lipinski definition) is 7. The van der Waals surface area contributed by atoms with Crippen molar-refractivity contribution in [2.24, 2.45) is 0 Å². The molecule has 0 bridgehead atoms. The molecule has 8 heteroatoms. The van der Waals surface area contributed by atoms with Crippen molar-refractivity contribution in [3.8, 4) is 5.95 Å². The summed E-state index contributed by atoms with van der Waals surface area (Å²) in [5.74, 6) is 1.43. The molecule has 0 amide bonds. The van der Waals surface area contributed by atoms with Gasteiger partial charge in [-0.05, 0) is 19.9 Å². The summed E-state index contributed by atoms with van der Waals surface area (Å²) in [6.45, 7) is 5.24. The molecule has 0 fully saturated rings. The maximum Gasteiger partial charge on any atom is 0.257 e. The zero-order valence-corrected chi connectivity index (χ0v) is 11.9. The number of hydrogen-bond donors (Lipinski definition) is 2. The SMILES string of the molecule is CCOCC(C)Nc1nc(NC)nc(-n2cccn2)n1. The summed E-state index contributed by atoms with van der Waals surface area (Å²) in [6.07, 6.45) is 3.45. The van der Waals surface area contributed by atoms with E-state index in [1.165, 1.54) is 0 Å². The number of anilines is 2. The Morgan fingerprint density at radius 3 is 2.75 bits per heavy atom. The molecule has 0 aliphatic heterocycles. The lowest BCUT2D eigenvalue weighted by Crippen LogP contribution is -2.24. The molecule has 2 aromatic heterocycles. The van der Waals surface area contributed by atoms with Gasteiger partial charge in [0.15, 0.2) is 0 Å². The Bertz CT molecular complexity index is 529. The van der Waals surface area contributed by atoms with E-state index in [0.717, 1.165) is 0 Å². The second-order valence-corrected chi connectivity index (χ2v) is 4.19. The van der Waals surface area contributed by atoms with Crippen molar-refractivity contribution in [2.75, 3.05) is 30.9 Å². The molecule has 1 atom stereocenters. The number of aromatic nitrogens is 5. The molecule has 0 aliphatic carbocycles. The Morgan fingerprint density at radius 2 is 2.10 bits per heavy atom. The van der Waals surface area contributed by atoms with Gasteiger partial charge < -0.3 is 15.4 Å². The fourth-order valence-electron chi connectivity index (χ4n) is 1.59. The minimum Gasteiger partial charge on any atom is -0.380 e. The van der Waals surface area contributed by atoms with E-state index in [-0.39, 0.29) is 6.04 Å². The molecule has 8 nitrogen and oxygen atoms in total. The third-order valence-corrected chi connectivity index (χ3v) is 2.50. The van der Waals surface area contributed by atoms with Crippen LogP contribution in [0.1, 0.15) is 13.8 Å². The molecule has 2 heterocycles.